The van der Waals surface area contributed by atoms with Crippen LogP contribution in [0.5, 0.6) is 0 Å². The van der Waals surface area contributed by atoms with Crippen LogP contribution in [0.2, 0.25) is 0 Å². The van der Waals surface area contributed by atoms with Gasteiger partial charge in [0, 0.05) is 22.0 Å². The van der Waals surface area contributed by atoms with Crippen LogP contribution in [0.1, 0.15) is 26.5 Å². The summed E-state index contributed by atoms with van der Waals surface area (Å²) >= 11 is 4.72. The minimum atomic E-state index is -1.80. The highest BCUT2D eigenvalue weighted by Gasteiger charge is 2.49. The number of benzene rings is 1. The number of ketones is 1. The van der Waals surface area contributed by atoms with Crippen molar-refractivity contribution in [1.29, 1.82) is 0 Å². The molecule has 6 heteroatoms. The van der Waals surface area contributed by atoms with Crippen molar-refractivity contribution in [3.8, 4) is 0 Å². The number of amides is 1. The molecule has 22 heavy (non-hydrogen) atoms. The normalized spacial score (nSPS) is 20.4. The van der Waals surface area contributed by atoms with Crippen LogP contribution in [-0.4, -0.2) is 23.8 Å². The zero-order valence-corrected chi connectivity index (χ0v) is 14.5. The Balaban J connectivity index is 2.00. The number of carbonyl (C=O) groups is 2. The molecule has 4 nitrogen and oxygen atoms in total. The number of anilines is 1. The molecule has 0 saturated heterocycles. The third kappa shape index (κ3) is 2.31. The van der Waals surface area contributed by atoms with Gasteiger partial charge in [-0.3, -0.25) is 9.59 Å². The molecule has 1 aliphatic heterocycles. The number of nitrogens with zero attached hydrogens (tertiary/aromatic N) is 1. The Morgan fingerprint density at radius 1 is 1.36 bits per heavy atom. The first-order valence-electron chi connectivity index (χ1n) is 6.73. The van der Waals surface area contributed by atoms with Gasteiger partial charge in [-0.1, -0.05) is 15.9 Å². The Morgan fingerprint density at radius 2 is 2.09 bits per heavy atom. The van der Waals surface area contributed by atoms with Crippen molar-refractivity contribution in [2.45, 2.75) is 18.9 Å². The number of rotatable bonds is 3. The van der Waals surface area contributed by atoms with Crippen LogP contribution in [0, 0.1) is 6.92 Å². The molecular formula is C16H14BrNO3S. The molecule has 0 spiro atoms. The lowest BCUT2D eigenvalue weighted by Gasteiger charge is -2.20. The van der Waals surface area contributed by atoms with E-state index in [4.69, 9.17) is 0 Å². The Hall–Kier alpha value is -1.50. The van der Waals surface area contributed by atoms with E-state index in [2.05, 4.69) is 15.9 Å². The maximum atomic E-state index is 12.5. The highest BCUT2D eigenvalue weighted by atomic mass is 79.9. The SMILES string of the molecule is Cc1ccc(C(=O)C[C@@]2(O)C(=O)N(C)c3ccc(Br)cc32)s1. The highest BCUT2D eigenvalue weighted by Crippen LogP contribution is 2.43. The molecule has 2 heterocycles. The van der Waals surface area contributed by atoms with Gasteiger partial charge in [0.05, 0.1) is 17.0 Å². The van der Waals surface area contributed by atoms with Crippen LogP contribution >= 0.6 is 27.3 Å². The lowest BCUT2D eigenvalue weighted by Crippen LogP contribution is -2.40. The predicted molar refractivity (Wildman–Crippen MR) is 89.5 cm³/mol. The van der Waals surface area contributed by atoms with E-state index in [9.17, 15) is 14.7 Å². The molecule has 1 amide bonds. The van der Waals surface area contributed by atoms with E-state index in [0.29, 0.717) is 16.1 Å². The van der Waals surface area contributed by atoms with Crippen LogP contribution in [-0.2, 0) is 10.4 Å². The largest absolute Gasteiger partial charge is 0.375 e. The minimum Gasteiger partial charge on any atom is -0.375 e. The monoisotopic (exact) mass is 379 g/mol. The lowest BCUT2D eigenvalue weighted by atomic mass is 9.89. The standard InChI is InChI=1S/C16H14BrNO3S/c1-9-3-6-14(22-9)13(19)8-16(21)11-7-10(17)4-5-12(11)18(2)15(16)20/h3-7,21H,8H2,1-2H3/t16-/m0/s1. The molecule has 0 aliphatic carbocycles. The van der Waals surface area contributed by atoms with Crippen molar-refractivity contribution >= 4 is 44.6 Å². The number of hydrogen-bond donors (Lipinski definition) is 1. The molecule has 0 bridgehead atoms. The predicted octanol–water partition coefficient (Wildman–Crippen LogP) is 3.26. The summed E-state index contributed by atoms with van der Waals surface area (Å²) in [5.41, 5.74) is -0.704. The van der Waals surface area contributed by atoms with Crippen molar-refractivity contribution in [3.05, 3.63) is 50.1 Å². The smallest absolute Gasteiger partial charge is 0.263 e. The summed E-state index contributed by atoms with van der Waals surface area (Å²) in [4.78, 5) is 27.9. The molecule has 1 aliphatic rings. The number of aliphatic hydroxyl groups is 1. The number of carbonyl (C=O) groups excluding carboxylic acids is 2. The van der Waals surface area contributed by atoms with Gasteiger partial charge >= 0.3 is 0 Å². The summed E-state index contributed by atoms with van der Waals surface area (Å²) < 4.78 is 0.757. The van der Waals surface area contributed by atoms with Gasteiger partial charge in [-0.25, -0.2) is 0 Å². The van der Waals surface area contributed by atoms with Crippen LogP contribution in [0.25, 0.3) is 0 Å². The lowest BCUT2D eigenvalue weighted by molar-refractivity contribution is -0.135. The van der Waals surface area contributed by atoms with E-state index in [1.807, 2.05) is 13.0 Å². The Kier molecular flexibility index (Phi) is 3.71. The minimum absolute atomic E-state index is 0.227. The first-order chi connectivity index (χ1) is 10.3. The van der Waals surface area contributed by atoms with E-state index in [1.165, 1.54) is 16.2 Å². The number of halogens is 1. The fraction of sp³-hybridized carbons (Fsp3) is 0.250. The molecule has 1 atom stereocenters. The quantitative estimate of drug-likeness (QED) is 0.832. The van der Waals surface area contributed by atoms with Gasteiger partial charge in [0.1, 0.15) is 0 Å². The summed E-state index contributed by atoms with van der Waals surface area (Å²) in [5.74, 6) is -0.697. The highest BCUT2D eigenvalue weighted by molar-refractivity contribution is 9.10. The van der Waals surface area contributed by atoms with E-state index >= 15 is 0 Å². The first-order valence-corrected chi connectivity index (χ1v) is 8.34. The Morgan fingerprint density at radius 3 is 2.73 bits per heavy atom. The van der Waals surface area contributed by atoms with Crippen LogP contribution in [0.15, 0.2) is 34.8 Å². The van der Waals surface area contributed by atoms with Crippen molar-refractivity contribution in [2.75, 3.05) is 11.9 Å². The second-order valence-corrected chi connectivity index (χ2v) is 7.60. The Bertz CT molecular complexity index is 785. The zero-order chi connectivity index (χ0) is 16.1. The summed E-state index contributed by atoms with van der Waals surface area (Å²) in [6, 6.07) is 8.85. The summed E-state index contributed by atoms with van der Waals surface area (Å²) in [6.45, 7) is 1.91. The Labute approximate surface area is 140 Å². The third-order valence-corrected chi connectivity index (χ3v) is 5.39. The van der Waals surface area contributed by atoms with Gasteiger partial charge < -0.3 is 10.0 Å². The third-order valence-electron chi connectivity index (χ3n) is 3.86. The number of fused-ring (bicyclic) bond motifs is 1. The fourth-order valence-corrected chi connectivity index (χ4v) is 3.87. The molecule has 114 valence electrons. The van der Waals surface area contributed by atoms with E-state index in [0.717, 1.165) is 9.35 Å². The van der Waals surface area contributed by atoms with Gasteiger partial charge in [0.15, 0.2) is 11.4 Å². The molecule has 0 radical (unpaired) electrons. The number of Topliss-reactive ketones (excluding diaryl/α,β-unsaturated/α-hetero) is 1. The molecule has 1 aromatic heterocycles. The second-order valence-electron chi connectivity index (χ2n) is 5.40. The summed E-state index contributed by atoms with van der Waals surface area (Å²) in [5, 5.41) is 10.9. The van der Waals surface area contributed by atoms with Crippen molar-refractivity contribution in [2.24, 2.45) is 0 Å². The molecule has 0 unspecified atom stereocenters. The van der Waals surface area contributed by atoms with Gasteiger partial charge in [0.2, 0.25) is 0 Å². The molecule has 2 aromatic rings. The number of aryl methyl sites for hydroxylation is 1. The molecule has 1 aromatic carbocycles. The molecule has 0 saturated carbocycles. The van der Waals surface area contributed by atoms with Crippen molar-refractivity contribution < 1.29 is 14.7 Å². The van der Waals surface area contributed by atoms with Crippen LogP contribution < -0.4 is 4.90 Å². The maximum Gasteiger partial charge on any atom is 0.263 e. The van der Waals surface area contributed by atoms with E-state index in [-0.39, 0.29) is 12.2 Å². The fourth-order valence-electron chi connectivity index (χ4n) is 2.71. The molecular weight excluding hydrogens is 366 g/mol. The second kappa shape index (κ2) is 5.30. The van der Waals surface area contributed by atoms with Gasteiger partial charge in [-0.2, -0.15) is 0 Å². The number of likely N-dealkylation sites (N-methyl/N-ethyl adjacent to an activating group) is 1. The average Bonchev–Trinajstić information content (AvgIpc) is 2.98. The van der Waals surface area contributed by atoms with E-state index in [1.54, 1.807) is 31.3 Å². The molecule has 1 N–H and O–H groups in total. The first kappa shape index (κ1) is 15.4. The molecule has 0 fully saturated rings. The average molecular weight is 380 g/mol. The van der Waals surface area contributed by atoms with Gasteiger partial charge in [0.25, 0.3) is 5.91 Å². The molecule has 3 rings (SSSR count). The number of thiophene rings is 1. The maximum absolute atomic E-state index is 12.5. The topological polar surface area (TPSA) is 57.6 Å². The van der Waals surface area contributed by atoms with Crippen LogP contribution in [0.4, 0.5) is 5.69 Å². The zero-order valence-electron chi connectivity index (χ0n) is 12.1. The number of hydrogen-bond acceptors (Lipinski definition) is 4. The van der Waals surface area contributed by atoms with Gasteiger partial charge in [-0.05, 0) is 37.3 Å². The van der Waals surface area contributed by atoms with Crippen molar-refractivity contribution in [3.63, 3.8) is 0 Å². The van der Waals surface area contributed by atoms with Crippen molar-refractivity contribution in [1.82, 2.24) is 0 Å². The summed E-state index contributed by atoms with van der Waals surface area (Å²) in [7, 11) is 1.60. The van der Waals surface area contributed by atoms with E-state index < -0.39 is 11.5 Å². The van der Waals surface area contributed by atoms with Crippen LogP contribution in [0.3, 0.4) is 0 Å². The summed E-state index contributed by atoms with van der Waals surface area (Å²) in [6.07, 6.45) is -0.250. The van der Waals surface area contributed by atoms with Gasteiger partial charge in [-0.15, -0.1) is 11.3 Å².